The molecule has 1 unspecified atom stereocenters. The lowest BCUT2D eigenvalue weighted by Crippen LogP contribution is -2.39. The quantitative estimate of drug-likeness (QED) is 0.864. The SMILES string of the molecule is CCC(=O)N1CCCN(CC(O)COc2cc(C)ccc2C)CC1. The summed E-state index contributed by atoms with van der Waals surface area (Å²) in [7, 11) is 0. The van der Waals surface area contributed by atoms with E-state index < -0.39 is 6.10 Å². The first-order chi connectivity index (χ1) is 11.5. The third kappa shape index (κ3) is 5.49. The maximum Gasteiger partial charge on any atom is 0.222 e. The van der Waals surface area contributed by atoms with E-state index in [-0.39, 0.29) is 5.91 Å². The Morgan fingerprint density at radius 3 is 2.79 bits per heavy atom. The smallest absolute Gasteiger partial charge is 0.222 e. The molecule has 5 nitrogen and oxygen atoms in total. The normalized spacial score (nSPS) is 17.4. The van der Waals surface area contributed by atoms with Crippen LogP contribution in [0.4, 0.5) is 0 Å². The highest BCUT2D eigenvalue weighted by molar-refractivity contribution is 5.75. The fourth-order valence-corrected chi connectivity index (χ4v) is 3.03. The average molecular weight is 334 g/mol. The fourth-order valence-electron chi connectivity index (χ4n) is 3.03. The largest absolute Gasteiger partial charge is 0.491 e. The van der Waals surface area contributed by atoms with Crippen molar-refractivity contribution in [2.75, 3.05) is 39.3 Å². The fraction of sp³-hybridized carbons (Fsp3) is 0.632. The van der Waals surface area contributed by atoms with Crippen molar-refractivity contribution in [2.24, 2.45) is 0 Å². The van der Waals surface area contributed by atoms with Crippen LogP contribution in [0.25, 0.3) is 0 Å². The second kappa shape index (κ2) is 9.04. The molecule has 1 aromatic carbocycles. The monoisotopic (exact) mass is 334 g/mol. The van der Waals surface area contributed by atoms with Crippen LogP contribution in [0.15, 0.2) is 18.2 Å². The van der Waals surface area contributed by atoms with Crippen LogP contribution in [0.3, 0.4) is 0 Å². The topological polar surface area (TPSA) is 53.0 Å². The van der Waals surface area contributed by atoms with Crippen molar-refractivity contribution in [3.63, 3.8) is 0 Å². The number of aryl methyl sites for hydroxylation is 2. The van der Waals surface area contributed by atoms with E-state index in [2.05, 4.69) is 11.0 Å². The molecule has 0 bridgehead atoms. The summed E-state index contributed by atoms with van der Waals surface area (Å²) < 4.78 is 5.79. The molecule has 2 rings (SSSR count). The standard InChI is InChI=1S/C19H30N2O3/c1-4-19(23)21-9-5-8-20(10-11-21)13-17(22)14-24-18-12-15(2)6-7-16(18)3/h6-7,12,17,22H,4-5,8-11,13-14H2,1-3H3. The number of hydrogen-bond donors (Lipinski definition) is 1. The van der Waals surface area contributed by atoms with Crippen LogP contribution in [-0.4, -0.2) is 66.2 Å². The van der Waals surface area contributed by atoms with Gasteiger partial charge in [-0.3, -0.25) is 9.69 Å². The number of nitrogens with zero attached hydrogens (tertiary/aromatic N) is 2. The van der Waals surface area contributed by atoms with Crippen molar-refractivity contribution < 1.29 is 14.6 Å². The maximum absolute atomic E-state index is 11.8. The highest BCUT2D eigenvalue weighted by Crippen LogP contribution is 2.19. The van der Waals surface area contributed by atoms with Crippen LogP contribution in [-0.2, 0) is 4.79 Å². The summed E-state index contributed by atoms with van der Waals surface area (Å²) >= 11 is 0. The van der Waals surface area contributed by atoms with Crippen LogP contribution in [0.2, 0.25) is 0 Å². The Kier molecular flexibility index (Phi) is 7.06. The van der Waals surface area contributed by atoms with Gasteiger partial charge in [-0.25, -0.2) is 0 Å². The Hall–Kier alpha value is -1.59. The number of aliphatic hydroxyl groups excluding tert-OH is 1. The second-order valence-electron chi connectivity index (χ2n) is 6.62. The van der Waals surface area contributed by atoms with E-state index in [0.29, 0.717) is 19.6 Å². The Labute approximate surface area is 145 Å². The summed E-state index contributed by atoms with van der Waals surface area (Å²) in [6.45, 7) is 10.1. The number of benzene rings is 1. The Balaban J connectivity index is 1.79. The lowest BCUT2D eigenvalue weighted by molar-refractivity contribution is -0.130. The van der Waals surface area contributed by atoms with Crippen molar-refractivity contribution in [3.05, 3.63) is 29.3 Å². The molecule has 1 atom stereocenters. The molecule has 1 aliphatic rings. The highest BCUT2D eigenvalue weighted by atomic mass is 16.5. The number of β-amino-alcohol motifs (C(OH)–C–C–N with tert-alkyl or cyclic N) is 1. The van der Waals surface area contributed by atoms with Gasteiger partial charge in [-0.2, -0.15) is 0 Å². The first kappa shape index (κ1) is 18.7. The molecule has 1 aliphatic heterocycles. The van der Waals surface area contributed by atoms with Crippen LogP contribution < -0.4 is 4.74 Å². The van der Waals surface area contributed by atoms with Gasteiger partial charge >= 0.3 is 0 Å². The van der Waals surface area contributed by atoms with Crippen LogP contribution >= 0.6 is 0 Å². The summed E-state index contributed by atoms with van der Waals surface area (Å²) in [6.07, 6.45) is 0.987. The first-order valence-electron chi connectivity index (χ1n) is 8.88. The van der Waals surface area contributed by atoms with Crippen molar-refractivity contribution in [2.45, 2.75) is 39.7 Å². The summed E-state index contributed by atoms with van der Waals surface area (Å²) in [4.78, 5) is 16.0. The molecule has 1 saturated heterocycles. The number of carbonyl (C=O) groups excluding carboxylic acids is 1. The van der Waals surface area contributed by atoms with Gasteiger partial charge in [-0.15, -0.1) is 0 Å². The zero-order chi connectivity index (χ0) is 17.5. The molecule has 1 aromatic rings. The van der Waals surface area contributed by atoms with Crippen molar-refractivity contribution in [1.29, 1.82) is 0 Å². The highest BCUT2D eigenvalue weighted by Gasteiger charge is 2.20. The third-order valence-corrected chi connectivity index (χ3v) is 4.49. The molecule has 5 heteroatoms. The van der Waals surface area contributed by atoms with Gasteiger partial charge in [0.05, 0.1) is 0 Å². The van der Waals surface area contributed by atoms with E-state index in [9.17, 15) is 9.90 Å². The summed E-state index contributed by atoms with van der Waals surface area (Å²) in [5.41, 5.74) is 2.23. The van der Waals surface area contributed by atoms with Crippen molar-refractivity contribution in [3.8, 4) is 5.75 Å². The van der Waals surface area contributed by atoms with Crippen LogP contribution in [0.5, 0.6) is 5.75 Å². The van der Waals surface area contributed by atoms with Gasteiger partial charge in [0.25, 0.3) is 0 Å². The molecule has 1 N–H and O–H groups in total. The molecular weight excluding hydrogens is 304 g/mol. The van der Waals surface area contributed by atoms with E-state index in [4.69, 9.17) is 4.74 Å². The zero-order valence-corrected chi connectivity index (χ0v) is 15.1. The third-order valence-electron chi connectivity index (χ3n) is 4.49. The van der Waals surface area contributed by atoms with Gasteiger partial charge in [-0.1, -0.05) is 19.1 Å². The average Bonchev–Trinajstić information content (AvgIpc) is 2.80. The van der Waals surface area contributed by atoms with Gasteiger partial charge in [0.1, 0.15) is 18.5 Å². The van der Waals surface area contributed by atoms with Crippen LogP contribution in [0, 0.1) is 13.8 Å². The van der Waals surface area contributed by atoms with Crippen molar-refractivity contribution >= 4 is 5.91 Å². The molecule has 1 amide bonds. The summed E-state index contributed by atoms with van der Waals surface area (Å²) in [6, 6.07) is 6.09. The molecule has 24 heavy (non-hydrogen) atoms. The lowest BCUT2D eigenvalue weighted by atomic mass is 10.1. The molecule has 0 aromatic heterocycles. The molecule has 0 spiro atoms. The zero-order valence-electron chi connectivity index (χ0n) is 15.1. The number of amides is 1. The number of carbonyl (C=O) groups is 1. The van der Waals surface area contributed by atoms with E-state index in [1.807, 2.05) is 37.8 Å². The molecule has 1 heterocycles. The molecule has 0 saturated carbocycles. The van der Waals surface area contributed by atoms with Crippen LogP contribution in [0.1, 0.15) is 30.9 Å². The predicted octanol–water partition coefficient (Wildman–Crippen LogP) is 1.99. The molecule has 0 aliphatic carbocycles. The van der Waals surface area contributed by atoms with E-state index >= 15 is 0 Å². The van der Waals surface area contributed by atoms with Gasteiger partial charge < -0.3 is 14.7 Å². The number of aliphatic hydroxyl groups is 1. The van der Waals surface area contributed by atoms with Gasteiger partial charge in [-0.05, 0) is 44.0 Å². The Bertz CT molecular complexity index is 547. The van der Waals surface area contributed by atoms with Gasteiger partial charge in [0, 0.05) is 32.6 Å². The number of ether oxygens (including phenoxy) is 1. The van der Waals surface area contributed by atoms with Gasteiger partial charge in [0.2, 0.25) is 5.91 Å². The number of hydrogen-bond acceptors (Lipinski definition) is 4. The Morgan fingerprint density at radius 1 is 1.25 bits per heavy atom. The minimum absolute atomic E-state index is 0.218. The molecular formula is C19H30N2O3. The molecule has 134 valence electrons. The molecule has 0 radical (unpaired) electrons. The Morgan fingerprint density at radius 2 is 2.04 bits per heavy atom. The predicted molar refractivity (Wildman–Crippen MR) is 95.3 cm³/mol. The summed E-state index contributed by atoms with van der Waals surface area (Å²) in [5, 5.41) is 10.3. The molecule has 1 fully saturated rings. The van der Waals surface area contributed by atoms with E-state index in [1.54, 1.807) is 0 Å². The van der Waals surface area contributed by atoms with Gasteiger partial charge in [0.15, 0.2) is 0 Å². The lowest BCUT2D eigenvalue weighted by Gasteiger charge is -2.24. The maximum atomic E-state index is 11.8. The number of rotatable bonds is 6. The van der Waals surface area contributed by atoms with E-state index in [1.165, 1.54) is 0 Å². The minimum Gasteiger partial charge on any atom is -0.491 e. The van der Waals surface area contributed by atoms with Crippen molar-refractivity contribution in [1.82, 2.24) is 9.80 Å². The minimum atomic E-state index is -0.529. The second-order valence-corrected chi connectivity index (χ2v) is 6.62. The first-order valence-corrected chi connectivity index (χ1v) is 8.88. The summed E-state index contributed by atoms with van der Waals surface area (Å²) in [5.74, 6) is 1.06. The van der Waals surface area contributed by atoms with E-state index in [0.717, 1.165) is 49.5 Å².